The van der Waals surface area contributed by atoms with Gasteiger partial charge in [-0.3, -0.25) is 9.69 Å². The van der Waals surface area contributed by atoms with E-state index in [1.165, 1.54) is 0 Å². The predicted molar refractivity (Wildman–Crippen MR) is 120 cm³/mol. The summed E-state index contributed by atoms with van der Waals surface area (Å²) in [6.07, 6.45) is 0.851. The Hall–Kier alpha value is -2.52. The minimum atomic E-state index is -1.03. The van der Waals surface area contributed by atoms with E-state index in [9.17, 15) is 4.79 Å². The zero-order chi connectivity index (χ0) is 21.9. The molecule has 1 N–H and O–H groups in total. The quantitative estimate of drug-likeness (QED) is 0.107. The van der Waals surface area contributed by atoms with E-state index in [4.69, 9.17) is 9.99 Å². The van der Waals surface area contributed by atoms with Crippen LogP contribution in [0.3, 0.4) is 0 Å². The summed E-state index contributed by atoms with van der Waals surface area (Å²) in [6, 6.07) is 27.3. The highest BCUT2D eigenvalue weighted by molar-refractivity contribution is 7.94. The largest absolute Gasteiger partial charge is 0.351 e. The average molecular weight is 440 g/mol. The Kier molecular flexibility index (Phi) is 8.78. The molecule has 0 saturated carbocycles. The minimum Gasteiger partial charge on any atom is -0.351 e. The molecule has 0 aromatic heterocycles. The van der Waals surface area contributed by atoms with Crippen molar-refractivity contribution in [2.24, 2.45) is 0 Å². The zero-order valence-electron chi connectivity index (χ0n) is 17.2. The molecule has 0 bridgehead atoms. The van der Waals surface area contributed by atoms with Crippen molar-refractivity contribution in [2.75, 3.05) is 19.4 Å². The molecule has 1 atom stereocenters. The number of benzene rings is 3. The Bertz CT molecular complexity index is 941. The van der Waals surface area contributed by atoms with E-state index in [0.717, 1.165) is 35.0 Å². The molecular formula is C24H25NO5S. The van der Waals surface area contributed by atoms with Crippen molar-refractivity contribution in [3.63, 3.8) is 0 Å². The van der Waals surface area contributed by atoms with Gasteiger partial charge in [-0.05, 0) is 12.6 Å². The van der Waals surface area contributed by atoms with Crippen LogP contribution in [0.1, 0.15) is 27.0 Å². The standard InChI is InChI=1S/C24H25NO5S/c1-25(18-20-10-4-2-5-11-20)24(22-13-6-3-7-14-22,28-16-17-31-30-29-27)23-15-9-8-12-21(23)19-26/h2-15,19,27H,16-18H2,1H3. The van der Waals surface area contributed by atoms with Gasteiger partial charge in [0.2, 0.25) is 0 Å². The van der Waals surface area contributed by atoms with E-state index in [-0.39, 0.29) is 6.61 Å². The number of ether oxygens (including phenoxy) is 1. The molecule has 0 heterocycles. The number of hydrogen-bond donors (Lipinski definition) is 1. The van der Waals surface area contributed by atoms with Crippen LogP contribution in [0.25, 0.3) is 0 Å². The molecule has 0 radical (unpaired) electrons. The predicted octanol–water partition coefficient (Wildman–Crippen LogP) is 4.92. The highest BCUT2D eigenvalue weighted by Gasteiger charge is 2.41. The van der Waals surface area contributed by atoms with Crippen molar-refractivity contribution in [3.05, 3.63) is 107 Å². The molecule has 0 aliphatic heterocycles. The lowest BCUT2D eigenvalue weighted by Crippen LogP contribution is -2.48. The van der Waals surface area contributed by atoms with Gasteiger partial charge < -0.3 is 4.74 Å². The average Bonchev–Trinajstić information content (AvgIpc) is 2.83. The molecule has 3 aromatic carbocycles. The topological polar surface area (TPSA) is 68.2 Å². The number of rotatable bonds is 12. The van der Waals surface area contributed by atoms with Crippen LogP contribution >= 0.6 is 12.0 Å². The van der Waals surface area contributed by atoms with E-state index in [0.29, 0.717) is 17.9 Å². The molecule has 1 unspecified atom stereocenters. The third-order valence-corrected chi connectivity index (χ3v) is 5.46. The maximum atomic E-state index is 12.0. The van der Waals surface area contributed by atoms with Crippen molar-refractivity contribution in [1.82, 2.24) is 4.90 Å². The van der Waals surface area contributed by atoms with Gasteiger partial charge in [-0.25, -0.2) is 5.26 Å². The van der Waals surface area contributed by atoms with Crippen LogP contribution < -0.4 is 0 Å². The first-order chi connectivity index (χ1) is 15.2. The normalized spacial score (nSPS) is 13.1. The summed E-state index contributed by atoms with van der Waals surface area (Å²) in [5.74, 6) is 0.400. The maximum Gasteiger partial charge on any atom is 0.174 e. The lowest BCUT2D eigenvalue weighted by atomic mass is 9.89. The Labute approximate surface area is 186 Å². The van der Waals surface area contributed by atoms with Crippen LogP contribution in [0.4, 0.5) is 0 Å². The van der Waals surface area contributed by atoms with Gasteiger partial charge in [0.05, 0.1) is 6.61 Å². The van der Waals surface area contributed by atoms with Gasteiger partial charge in [0.1, 0.15) is 0 Å². The highest BCUT2D eigenvalue weighted by atomic mass is 32.2. The molecule has 0 amide bonds. The fraction of sp³-hybridized carbons (Fsp3) is 0.208. The number of hydrogen-bond acceptors (Lipinski definition) is 7. The number of carbonyl (C=O) groups is 1. The fourth-order valence-electron chi connectivity index (χ4n) is 3.67. The molecule has 7 heteroatoms. The summed E-state index contributed by atoms with van der Waals surface area (Å²) in [4.78, 5) is 14.1. The molecule has 3 rings (SSSR count). The van der Waals surface area contributed by atoms with E-state index in [1.807, 2.05) is 73.8 Å². The van der Waals surface area contributed by atoms with Crippen molar-refractivity contribution >= 4 is 18.3 Å². The van der Waals surface area contributed by atoms with Gasteiger partial charge in [-0.15, -0.1) is 4.33 Å². The van der Waals surface area contributed by atoms with E-state index in [2.05, 4.69) is 26.4 Å². The molecule has 0 saturated heterocycles. The summed E-state index contributed by atoms with van der Waals surface area (Å²) >= 11 is 0.925. The van der Waals surface area contributed by atoms with E-state index in [1.54, 1.807) is 6.07 Å². The van der Waals surface area contributed by atoms with Crippen molar-refractivity contribution < 1.29 is 24.2 Å². The molecule has 0 aliphatic rings. The Balaban J connectivity index is 2.09. The van der Waals surface area contributed by atoms with Crippen molar-refractivity contribution in [3.8, 4) is 0 Å². The van der Waals surface area contributed by atoms with Crippen LogP contribution in [0, 0.1) is 0 Å². The van der Waals surface area contributed by atoms with Crippen molar-refractivity contribution in [1.29, 1.82) is 0 Å². The van der Waals surface area contributed by atoms with Gasteiger partial charge in [0.15, 0.2) is 12.0 Å². The molecule has 0 aliphatic carbocycles. The lowest BCUT2D eigenvalue weighted by molar-refractivity contribution is -0.432. The molecule has 6 nitrogen and oxygen atoms in total. The summed E-state index contributed by atoms with van der Waals surface area (Å²) < 4.78 is 11.0. The smallest absolute Gasteiger partial charge is 0.174 e. The second kappa shape index (κ2) is 11.8. The van der Waals surface area contributed by atoms with E-state index < -0.39 is 5.72 Å². The van der Waals surface area contributed by atoms with Crippen LogP contribution in [0.5, 0.6) is 0 Å². The van der Waals surface area contributed by atoms with Gasteiger partial charge in [-0.2, -0.15) is 0 Å². The highest BCUT2D eigenvalue weighted by Crippen LogP contribution is 2.39. The second-order valence-corrected chi connectivity index (χ2v) is 7.65. The minimum absolute atomic E-state index is 0.273. The molecule has 0 fully saturated rings. The fourth-order valence-corrected chi connectivity index (χ4v) is 3.94. The summed E-state index contributed by atoms with van der Waals surface area (Å²) in [7, 11) is 1.97. The van der Waals surface area contributed by atoms with E-state index >= 15 is 0 Å². The van der Waals surface area contributed by atoms with Gasteiger partial charge in [-0.1, -0.05) is 90.0 Å². The van der Waals surface area contributed by atoms with Crippen LogP contribution in [0.2, 0.25) is 0 Å². The Morgan fingerprint density at radius 1 is 0.968 bits per heavy atom. The van der Waals surface area contributed by atoms with Gasteiger partial charge >= 0.3 is 0 Å². The molecule has 162 valence electrons. The van der Waals surface area contributed by atoms with Crippen LogP contribution in [0.15, 0.2) is 84.9 Å². The monoisotopic (exact) mass is 439 g/mol. The van der Waals surface area contributed by atoms with Crippen molar-refractivity contribution in [2.45, 2.75) is 12.3 Å². The number of aldehydes is 1. The first kappa shape index (κ1) is 23.1. The number of nitrogens with zero attached hydrogens (tertiary/aromatic N) is 1. The number of carbonyl (C=O) groups excluding carboxylic acids is 1. The van der Waals surface area contributed by atoms with Gasteiger partial charge in [0, 0.05) is 41.0 Å². The maximum absolute atomic E-state index is 12.0. The third kappa shape index (κ3) is 5.59. The van der Waals surface area contributed by atoms with Gasteiger partial charge in [0.25, 0.3) is 0 Å². The van der Waals surface area contributed by atoms with Crippen LogP contribution in [-0.4, -0.2) is 35.9 Å². The second-order valence-electron chi connectivity index (χ2n) is 6.87. The zero-order valence-corrected chi connectivity index (χ0v) is 18.0. The lowest BCUT2D eigenvalue weighted by Gasteiger charge is -2.43. The molecular weight excluding hydrogens is 414 g/mol. The summed E-state index contributed by atoms with van der Waals surface area (Å²) in [5, 5.41) is 12.0. The first-order valence-electron chi connectivity index (χ1n) is 9.81. The summed E-state index contributed by atoms with van der Waals surface area (Å²) in [6.45, 7) is 0.863. The molecule has 0 spiro atoms. The first-order valence-corrected chi connectivity index (χ1v) is 10.7. The van der Waals surface area contributed by atoms with Crippen LogP contribution in [-0.2, 0) is 26.4 Å². The Morgan fingerprint density at radius 3 is 2.29 bits per heavy atom. The summed E-state index contributed by atoms with van der Waals surface area (Å²) in [5.41, 5.74) is 2.28. The molecule has 31 heavy (non-hydrogen) atoms. The third-order valence-electron chi connectivity index (χ3n) is 4.97. The molecule has 3 aromatic rings. The SMILES string of the molecule is CN(Cc1ccccc1)C(OCCSOOO)(c1ccccc1)c1ccccc1C=O. The Morgan fingerprint density at radius 2 is 1.61 bits per heavy atom.